The maximum Gasteiger partial charge on any atom is 0.213 e. The van der Waals surface area contributed by atoms with Gasteiger partial charge < -0.3 is 0 Å². The fourth-order valence-corrected chi connectivity index (χ4v) is 2.12. The van der Waals surface area contributed by atoms with Gasteiger partial charge in [-0.05, 0) is 11.0 Å². The van der Waals surface area contributed by atoms with Gasteiger partial charge in [0, 0.05) is 5.75 Å². The molecule has 0 aromatic heterocycles. The molecule has 2 N–H and O–H groups in total. The Labute approximate surface area is 70.4 Å². The zero-order chi connectivity index (χ0) is 8.32. The summed E-state index contributed by atoms with van der Waals surface area (Å²) in [6, 6.07) is 0. The second kappa shape index (κ2) is 3.42. The van der Waals surface area contributed by atoms with Crippen LogP contribution in [-0.2, 0) is 10.0 Å². The fourth-order valence-electron chi connectivity index (χ4n) is 0.754. The number of allylic oxidation sites excluding steroid dienone is 1. The molecule has 5 heteroatoms. The summed E-state index contributed by atoms with van der Waals surface area (Å²) in [6.07, 6.45) is 3.65. The third-order valence-corrected chi connectivity index (χ3v) is 2.61. The molecule has 0 aromatic carbocycles. The first-order chi connectivity index (χ1) is 5.08. The lowest BCUT2D eigenvalue weighted by molar-refractivity contribution is 0.600. The summed E-state index contributed by atoms with van der Waals surface area (Å²) in [5, 5.41) is 6.73. The van der Waals surface area contributed by atoms with E-state index in [1.54, 1.807) is 17.8 Å². The summed E-state index contributed by atoms with van der Waals surface area (Å²) in [7, 11) is -3.35. The smallest absolute Gasteiger partial charge is 0.213 e. The van der Waals surface area contributed by atoms with Gasteiger partial charge in [0.2, 0.25) is 10.0 Å². The van der Waals surface area contributed by atoms with Crippen LogP contribution in [0.1, 0.15) is 0 Å². The number of thioether (sulfide) groups is 1. The van der Waals surface area contributed by atoms with Crippen molar-refractivity contribution in [1.82, 2.24) is 0 Å². The van der Waals surface area contributed by atoms with Crippen LogP contribution in [0.3, 0.4) is 0 Å². The molecule has 0 fully saturated rings. The summed E-state index contributed by atoms with van der Waals surface area (Å²) in [5.74, 6) is 0.783. The largest absolute Gasteiger partial charge is 0.228 e. The minimum atomic E-state index is -3.35. The molecule has 0 amide bonds. The second-order valence-electron chi connectivity index (χ2n) is 2.22. The molecule has 0 atom stereocenters. The van der Waals surface area contributed by atoms with Crippen LogP contribution in [-0.4, -0.2) is 19.9 Å². The third kappa shape index (κ3) is 3.60. The SMILES string of the molecule is NS(=O)(=O)CC1=CCSC=C1. The average Bonchev–Trinajstić information content (AvgIpc) is 1.85. The molecule has 0 bridgehead atoms. The van der Waals surface area contributed by atoms with E-state index >= 15 is 0 Å². The van der Waals surface area contributed by atoms with Crippen LogP contribution in [0.25, 0.3) is 0 Å². The van der Waals surface area contributed by atoms with E-state index in [0.29, 0.717) is 0 Å². The Morgan fingerprint density at radius 1 is 1.64 bits per heavy atom. The highest BCUT2D eigenvalue weighted by molar-refractivity contribution is 8.02. The van der Waals surface area contributed by atoms with Gasteiger partial charge in [-0.2, -0.15) is 0 Å². The van der Waals surface area contributed by atoms with Gasteiger partial charge in [0.15, 0.2) is 0 Å². The van der Waals surface area contributed by atoms with E-state index in [0.717, 1.165) is 11.3 Å². The van der Waals surface area contributed by atoms with Crippen molar-refractivity contribution in [3.8, 4) is 0 Å². The maximum atomic E-state index is 10.6. The summed E-state index contributed by atoms with van der Waals surface area (Å²) >= 11 is 1.63. The van der Waals surface area contributed by atoms with Crippen LogP contribution < -0.4 is 5.14 Å². The van der Waals surface area contributed by atoms with Crippen LogP contribution in [0.4, 0.5) is 0 Å². The van der Waals surface area contributed by atoms with E-state index in [-0.39, 0.29) is 5.75 Å². The van der Waals surface area contributed by atoms with Gasteiger partial charge in [0.05, 0.1) is 5.75 Å². The predicted octanol–water partition coefficient (Wildman–Crippen LogP) is 0.462. The van der Waals surface area contributed by atoms with Gasteiger partial charge in [-0.15, -0.1) is 11.8 Å². The molecule has 1 aliphatic rings. The fraction of sp³-hybridized carbons (Fsp3) is 0.333. The van der Waals surface area contributed by atoms with Gasteiger partial charge >= 0.3 is 0 Å². The van der Waals surface area contributed by atoms with Crippen LogP contribution in [0.2, 0.25) is 0 Å². The number of sulfonamides is 1. The lowest BCUT2D eigenvalue weighted by atomic mass is 10.3. The van der Waals surface area contributed by atoms with Crippen molar-refractivity contribution in [3.05, 3.63) is 23.1 Å². The molecule has 3 nitrogen and oxygen atoms in total. The Bertz CT molecular complexity index is 290. The van der Waals surface area contributed by atoms with Crippen molar-refractivity contribution >= 4 is 21.8 Å². The summed E-state index contributed by atoms with van der Waals surface area (Å²) < 4.78 is 21.2. The van der Waals surface area contributed by atoms with E-state index in [1.807, 2.05) is 11.5 Å². The zero-order valence-electron chi connectivity index (χ0n) is 5.86. The van der Waals surface area contributed by atoms with E-state index in [1.165, 1.54) is 0 Å². The highest BCUT2D eigenvalue weighted by atomic mass is 32.2. The number of rotatable bonds is 2. The van der Waals surface area contributed by atoms with Crippen LogP contribution in [0, 0.1) is 0 Å². The topological polar surface area (TPSA) is 60.2 Å². The summed E-state index contributed by atoms with van der Waals surface area (Å²) in [4.78, 5) is 0. The molecule has 1 heterocycles. The molecular formula is C6H9NO2S2. The van der Waals surface area contributed by atoms with Gasteiger partial charge in [-0.3, -0.25) is 0 Å². The molecule has 1 aliphatic heterocycles. The van der Waals surface area contributed by atoms with Gasteiger partial charge in [0.25, 0.3) is 0 Å². The Hall–Kier alpha value is -0.260. The van der Waals surface area contributed by atoms with Crippen molar-refractivity contribution in [2.24, 2.45) is 5.14 Å². The number of hydrogen-bond acceptors (Lipinski definition) is 3. The van der Waals surface area contributed by atoms with Crippen molar-refractivity contribution < 1.29 is 8.42 Å². The van der Waals surface area contributed by atoms with Crippen molar-refractivity contribution in [2.45, 2.75) is 0 Å². The van der Waals surface area contributed by atoms with Gasteiger partial charge in [-0.1, -0.05) is 12.2 Å². The average molecular weight is 191 g/mol. The molecule has 0 aromatic rings. The van der Waals surface area contributed by atoms with Crippen LogP contribution in [0.5, 0.6) is 0 Å². The Morgan fingerprint density at radius 2 is 2.36 bits per heavy atom. The summed E-state index contributed by atoms with van der Waals surface area (Å²) in [6.45, 7) is 0. The maximum absolute atomic E-state index is 10.6. The molecule has 0 unspecified atom stereocenters. The first kappa shape index (κ1) is 8.83. The molecular weight excluding hydrogens is 182 g/mol. The molecule has 11 heavy (non-hydrogen) atoms. The highest BCUT2D eigenvalue weighted by Crippen LogP contribution is 2.14. The number of nitrogens with two attached hydrogens (primary N) is 1. The highest BCUT2D eigenvalue weighted by Gasteiger charge is 2.06. The monoisotopic (exact) mass is 191 g/mol. The molecule has 62 valence electrons. The predicted molar refractivity (Wildman–Crippen MR) is 47.7 cm³/mol. The molecule has 0 radical (unpaired) electrons. The van der Waals surface area contributed by atoms with E-state index < -0.39 is 10.0 Å². The second-order valence-corrected chi connectivity index (χ2v) is 4.78. The zero-order valence-corrected chi connectivity index (χ0v) is 7.49. The van der Waals surface area contributed by atoms with E-state index in [4.69, 9.17) is 5.14 Å². The quantitative estimate of drug-likeness (QED) is 0.690. The van der Waals surface area contributed by atoms with Crippen LogP contribution >= 0.6 is 11.8 Å². The standard InChI is InChI=1S/C6H9NO2S2/c7-11(8,9)5-6-1-3-10-4-2-6/h1-3H,4-5H2,(H2,7,8,9). The number of primary sulfonamides is 1. The minimum Gasteiger partial charge on any atom is -0.228 e. The first-order valence-electron chi connectivity index (χ1n) is 3.05. The van der Waals surface area contributed by atoms with Gasteiger partial charge in [-0.25, -0.2) is 13.6 Å². The van der Waals surface area contributed by atoms with Crippen molar-refractivity contribution in [3.63, 3.8) is 0 Å². The molecule has 1 rings (SSSR count). The van der Waals surface area contributed by atoms with E-state index in [9.17, 15) is 8.42 Å². The Balaban J connectivity index is 2.64. The molecule has 0 spiro atoms. The van der Waals surface area contributed by atoms with Crippen molar-refractivity contribution in [1.29, 1.82) is 0 Å². The third-order valence-electron chi connectivity index (χ3n) is 1.19. The Morgan fingerprint density at radius 3 is 2.82 bits per heavy atom. The minimum absolute atomic E-state index is 0.0515. The molecule has 0 aliphatic carbocycles. The number of hydrogen-bond donors (Lipinski definition) is 1. The molecule has 0 saturated heterocycles. The van der Waals surface area contributed by atoms with Crippen LogP contribution in [0.15, 0.2) is 23.1 Å². The lowest BCUT2D eigenvalue weighted by Crippen LogP contribution is -2.17. The normalized spacial score (nSPS) is 18.1. The first-order valence-corrected chi connectivity index (χ1v) is 5.82. The van der Waals surface area contributed by atoms with Gasteiger partial charge in [0.1, 0.15) is 0 Å². The van der Waals surface area contributed by atoms with Crippen molar-refractivity contribution in [2.75, 3.05) is 11.5 Å². The molecule has 0 saturated carbocycles. The van der Waals surface area contributed by atoms with E-state index in [2.05, 4.69) is 0 Å². The Kier molecular flexibility index (Phi) is 2.75. The lowest BCUT2D eigenvalue weighted by Gasteiger charge is -2.03. The summed E-state index contributed by atoms with van der Waals surface area (Å²) in [5.41, 5.74) is 0.784.